The van der Waals surface area contributed by atoms with Crippen LogP contribution in [0.15, 0.2) is 10.5 Å². The van der Waals surface area contributed by atoms with E-state index in [4.69, 9.17) is 9.47 Å². The van der Waals surface area contributed by atoms with Gasteiger partial charge in [0.25, 0.3) is 0 Å². The number of hydrogen-bond acceptors (Lipinski definition) is 5. The zero-order chi connectivity index (χ0) is 20.3. The molecule has 0 radical (unpaired) electrons. The van der Waals surface area contributed by atoms with Crippen LogP contribution in [0.5, 0.6) is 11.5 Å². The van der Waals surface area contributed by atoms with Gasteiger partial charge in [0, 0.05) is 29.0 Å². The van der Waals surface area contributed by atoms with E-state index < -0.39 is 20.4 Å². The highest BCUT2D eigenvalue weighted by Gasteiger charge is 2.77. The molecule has 0 amide bonds. The molecule has 29 heavy (non-hydrogen) atoms. The number of rotatable bonds is 3. The third-order valence-corrected chi connectivity index (χ3v) is 9.93. The van der Waals surface area contributed by atoms with Gasteiger partial charge in [-0.3, -0.25) is 9.69 Å². The van der Waals surface area contributed by atoms with Crippen LogP contribution in [0, 0.1) is 5.92 Å². The van der Waals surface area contributed by atoms with Crippen molar-refractivity contribution in [1.29, 1.82) is 0 Å². The SMILES string of the molecule is COc1cc(Br)c2c3c1O[C@H]1C(=O)C(Br)(Br)C[C@@]4(O)[C@@H](C2)N(CC2CC2)CC[C@]314. The Labute approximate surface area is 194 Å². The summed E-state index contributed by atoms with van der Waals surface area (Å²) in [5.41, 5.74) is 0.334. The summed E-state index contributed by atoms with van der Waals surface area (Å²) in [5, 5.41) is 12.4. The molecule has 3 aliphatic carbocycles. The Morgan fingerprint density at radius 2 is 2.14 bits per heavy atom. The van der Waals surface area contributed by atoms with Crippen molar-refractivity contribution in [3.8, 4) is 11.5 Å². The summed E-state index contributed by atoms with van der Waals surface area (Å²) in [7, 11) is 1.62. The number of carbonyl (C=O) groups excluding carboxylic acids is 1. The first-order valence-corrected chi connectivity index (χ1v) is 12.6. The fourth-order valence-electron chi connectivity index (χ4n) is 6.44. The maximum Gasteiger partial charge on any atom is 0.201 e. The number of nitrogens with zero attached hydrogens (tertiary/aromatic N) is 1. The molecular formula is C21H22Br3NO4. The number of alkyl halides is 2. The molecule has 1 aromatic rings. The molecule has 2 heterocycles. The molecule has 0 aromatic heterocycles. The topological polar surface area (TPSA) is 59.0 Å². The van der Waals surface area contributed by atoms with Crippen molar-refractivity contribution in [3.63, 3.8) is 0 Å². The number of aliphatic hydroxyl groups is 1. The van der Waals surface area contributed by atoms with Crippen molar-refractivity contribution >= 4 is 53.6 Å². The first-order chi connectivity index (χ1) is 13.7. The Kier molecular flexibility index (Phi) is 4.04. The van der Waals surface area contributed by atoms with Gasteiger partial charge in [-0.25, -0.2) is 0 Å². The van der Waals surface area contributed by atoms with Gasteiger partial charge in [0.05, 0.1) is 18.1 Å². The molecule has 1 aromatic carbocycles. The zero-order valence-corrected chi connectivity index (χ0v) is 20.8. The van der Waals surface area contributed by atoms with E-state index in [1.54, 1.807) is 7.11 Å². The van der Waals surface area contributed by atoms with Crippen molar-refractivity contribution in [3.05, 3.63) is 21.7 Å². The quantitative estimate of drug-likeness (QED) is 0.544. The Morgan fingerprint density at radius 3 is 2.83 bits per heavy atom. The minimum atomic E-state index is -1.07. The maximum atomic E-state index is 13.5. The first-order valence-electron chi connectivity index (χ1n) is 10.2. The molecule has 5 nitrogen and oxygen atoms in total. The Morgan fingerprint density at radius 1 is 1.38 bits per heavy atom. The van der Waals surface area contributed by atoms with Crippen LogP contribution < -0.4 is 9.47 Å². The van der Waals surface area contributed by atoms with Crippen molar-refractivity contribution in [2.24, 2.45) is 5.92 Å². The molecule has 1 N–H and O–H groups in total. The second kappa shape index (κ2) is 6.00. The van der Waals surface area contributed by atoms with Crippen molar-refractivity contribution in [2.75, 3.05) is 20.2 Å². The molecular weight excluding hydrogens is 570 g/mol. The van der Waals surface area contributed by atoms with E-state index in [2.05, 4.69) is 52.7 Å². The summed E-state index contributed by atoms with van der Waals surface area (Å²) in [5.74, 6) is 1.93. The lowest BCUT2D eigenvalue weighted by atomic mass is 9.49. The molecule has 2 aliphatic heterocycles. The smallest absolute Gasteiger partial charge is 0.201 e. The monoisotopic (exact) mass is 589 g/mol. The van der Waals surface area contributed by atoms with Crippen LogP contribution in [0.2, 0.25) is 0 Å². The van der Waals surface area contributed by atoms with Crippen LogP contribution in [0.1, 0.15) is 36.8 Å². The number of ketones is 1. The fraction of sp³-hybridized carbons (Fsp3) is 0.667. The second-order valence-corrected chi connectivity index (χ2v) is 13.9. The van der Waals surface area contributed by atoms with Gasteiger partial charge in [0.15, 0.2) is 17.6 Å². The highest BCUT2D eigenvalue weighted by atomic mass is 79.9. The molecule has 0 unspecified atom stereocenters. The van der Waals surface area contributed by atoms with Gasteiger partial charge < -0.3 is 14.6 Å². The molecule has 1 spiro atoms. The van der Waals surface area contributed by atoms with Crippen molar-refractivity contribution in [1.82, 2.24) is 4.90 Å². The van der Waals surface area contributed by atoms with Gasteiger partial charge in [-0.05, 0) is 49.8 Å². The Bertz CT molecular complexity index is 948. The summed E-state index contributed by atoms with van der Waals surface area (Å²) in [6.07, 6.45) is 3.58. The molecule has 156 valence electrons. The van der Waals surface area contributed by atoms with E-state index in [0.717, 1.165) is 41.0 Å². The van der Waals surface area contributed by atoms with Crippen LogP contribution in [0.25, 0.3) is 0 Å². The summed E-state index contributed by atoms with van der Waals surface area (Å²) in [6, 6.07) is 1.89. The average Bonchev–Trinajstić information content (AvgIpc) is 3.39. The third-order valence-electron chi connectivity index (χ3n) is 7.88. The predicted octanol–water partition coefficient (Wildman–Crippen LogP) is 3.69. The second-order valence-electron chi connectivity index (χ2n) is 9.29. The van der Waals surface area contributed by atoms with Gasteiger partial charge in [-0.1, -0.05) is 47.8 Å². The zero-order valence-electron chi connectivity index (χ0n) is 16.0. The molecule has 2 saturated carbocycles. The van der Waals surface area contributed by atoms with E-state index in [1.807, 2.05) is 6.07 Å². The summed E-state index contributed by atoms with van der Waals surface area (Å²) < 4.78 is 12.0. The van der Waals surface area contributed by atoms with Crippen LogP contribution in [0.4, 0.5) is 0 Å². The summed E-state index contributed by atoms with van der Waals surface area (Å²) in [4.78, 5) is 15.9. The highest BCUT2D eigenvalue weighted by molar-refractivity contribution is 9.25. The summed E-state index contributed by atoms with van der Waals surface area (Å²) in [6.45, 7) is 1.90. The maximum absolute atomic E-state index is 13.5. The van der Waals surface area contributed by atoms with E-state index in [1.165, 1.54) is 12.8 Å². The van der Waals surface area contributed by atoms with Crippen molar-refractivity contribution < 1.29 is 19.4 Å². The van der Waals surface area contributed by atoms with E-state index in [-0.39, 0.29) is 11.8 Å². The number of carbonyl (C=O) groups is 1. The van der Waals surface area contributed by atoms with Gasteiger partial charge in [-0.2, -0.15) is 0 Å². The minimum Gasteiger partial charge on any atom is -0.493 e. The number of ether oxygens (including phenoxy) is 2. The molecule has 3 fully saturated rings. The number of likely N-dealkylation sites (tertiary alicyclic amines) is 1. The molecule has 6 rings (SSSR count). The Hall–Kier alpha value is -0.150. The van der Waals surface area contributed by atoms with Crippen LogP contribution in [0.3, 0.4) is 0 Å². The normalized spacial score (nSPS) is 39.1. The number of benzene rings is 1. The largest absolute Gasteiger partial charge is 0.493 e. The number of hydrogen-bond donors (Lipinski definition) is 1. The summed E-state index contributed by atoms with van der Waals surface area (Å²) >= 11 is 10.9. The fourth-order valence-corrected chi connectivity index (χ4v) is 8.28. The van der Waals surface area contributed by atoms with Crippen LogP contribution in [-0.2, 0) is 16.6 Å². The average molecular weight is 592 g/mol. The van der Waals surface area contributed by atoms with Crippen LogP contribution in [-0.4, -0.2) is 57.0 Å². The molecule has 5 aliphatic rings. The van der Waals surface area contributed by atoms with E-state index in [9.17, 15) is 9.90 Å². The number of piperidine rings is 1. The lowest BCUT2D eigenvalue weighted by Gasteiger charge is -2.64. The van der Waals surface area contributed by atoms with Gasteiger partial charge in [0.2, 0.25) is 5.78 Å². The van der Waals surface area contributed by atoms with Gasteiger partial charge in [-0.15, -0.1) is 0 Å². The number of Topliss-reactive ketones (excluding diaryl/α,β-unsaturated/α-hetero) is 1. The number of methoxy groups -OCH3 is 1. The minimum absolute atomic E-state index is 0.0475. The standard InChI is InChI=1S/C21H22Br3NO4/c1-28-13-7-12(22)11-6-14-20(27)9-21(23,24)17(26)18-19(20,15(11)16(13)29-18)4-5-25(14)8-10-2-3-10/h7,10,14,18,27H,2-6,8-9H2,1H3/t14-,18+,19+,20-/m1/s1. The van der Waals surface area contributed by atoms with Gasteiger partial charge >= 0.3 is 0 Å². The van der Waals surface area contributed by atoms with Gasteiger partial charge in [0.1, 0.15) is 3.23 Å². The molecule has 4 atom stereocenters. The Balaban J connectivity index is 1.62. The number of halogens is 3. The van der Waals surface area contributed by atoms with E-state index in [0.29, 0.717) is 24.3 Å². The predicted molar refractivity (Wildman–Crippen MR) is 118 cm³/mol. The third kappa shape index (κ3) is 2.31. The molecule has 8 heteroatoms. The molecule has 1 saturated heterocycles. The van der Waals surface area contributed by atoms with E-state index >= 15 is 0 Å². The lowest BCUT2D eigenvalue weighted by Crippen LogP contribution is -2.79. The highest BCUT2D eigenvalue weighted by Crippen LogP contribution is 2.68. The first kappa shape index (κ1) is 19.5. The lowest BCUT2D eigenvalue weighted by molar-refractivity contribution is -0.188. The molecule has 2 bridgehead atoms. The van der Waals surface area contributed by atoms with Crippen molar-refractivity contribution in [2.45, 2.75) is 58.5 Å². The van der Waals surface area contributed by atoms with Crippen LogP contribution >= 0.6 is 47.8 Å².